The van der Waals surface area contributed by atoms with Gasteiger partial charge in [-0.2, -0.15) is 0 Å². The molecule has 2 aliphatic rings. The van der Waals surface area contributed by atoms with Crippen LogP contribution in [0.25, 0.3) is 0 Å². The lowest BCUT2D eigenvalue weighted by Crippen LogP contribution is -2.15. The number of rotatable bonds is 0. The Morgan fingerprint density at radius 2 is 2.23 bits per heavy atom. The van der Waals surface area contributed by atoms with E-state index in [0.29, 0.717) is 5.92 Å². The summed E-state index contributed by atoms with van der Waals surface area (Å²) in [6, 6.07) is 0. The molecule has 0 N–H and O–H groups in total. The van der Waals surface area contributed by atoms with E-state index in [9.17, 15) is 0 Å². The maximum atomic E-state index is 4.78. The van der Waals surface area contributed by atoms with Crippen LogP contribution in [0, 0.1) is 0 Å². The number of nitrogens with zero attached hydrogens (tertiary/aromatic N) is 2. The van der Waals surface area contributed by atoms with Crippen molar-refractivity contribution in [2.75, 3.05) is 0 Å². The van der Waals surface area contributed by atoms with E-state index in [-0.39, 0.29) is 0 Å². The third-order valence-electron chi connectivity index (χ3n) is 3.47. The predicted molar refractivity (Wildman–Crippen MR) is 51.9 cm³/mol. The number of aryl methyl sites for hydroxylation is 1. The van der Waals surface area contributed by atoms with Gasteiger partial charge in [-0.05, 0) is 32.1 Å². The minimum absolute atomic E-state index is 0.694. The Balaban J connectivity index is 2.14. The SMILES string of the molecule is CC1CCCn2c1nc1c2CCC1. The molecule has 70 valence electrons. The van der Waals surface area contributed by atoms with Gasteiger partial charge < -0.3 is 4.57 Å². The van der Waals surface area contributed by atoms with Crippen molar-refractivity contribution in [3.05, 3.63) is 17.2 Å². The molecule has 13 heavy (non-hydrogen) atoms. The quantitative estimate of drug-likeness (QED) is 0.593. The summed E-state index contributed by atoms with van der Waals surface area (Å²) in [5, 5.41) is 0. The highest BCUT2D eigenvalue weighted by Gasteiger charge is 2.26. The molecule has 2 heteroatoms. The molecule has 1 atom stereocenters. The average molecular weight is 176 g/mol. The molecule has 1 unspecified atom stereocenters. The largest absolute Gasteiger partial charge is 0.332 e. The van der Waals surface area contributed by atoms with Gasteiger partial charge in [-0.15, -0.1) is 0 Å². The van der Waals surface area contributed by atoms with Crippen molar-refractivity contribution < 1.29 is 0 Å². The first-order chi connectivity index (χ1) is 6.36. The summed E-state index contributed by atoms with van der Waals surface area (Å²) in [7, 11) is 0. The van der Waals surface area contributed by atoms with Crippen LogP contribution in [-0.2, 0) is 19.4 Å². The number of aromatic nitrogens is 2. The molecule has 1 aromatic heterocycles. The summed E-state index contributed by atoms with van der Waals surface area (Å²) in [5.74, 6) is 2.07. The van der Waals surface area contributed by atoms with E-state index >= 15 is 0 Å². The normalized spacial score (nSPS) is 25.8. The van der Waals surface area contributed by atoms with E-state index in [1.54, 1.807) is 5.69 Å². The van der Waals surface area contributed by atoms with E-state index in [1.165, 1.54) is 50.2 Å². The predicted octanol–water partition coefficient (Wildman–Crippen LogP) is 2.27. The first-order valence-electron chi connectivity index (χ1n) is 5.44. The Morgan fingerprint density at radius 3 is 3.15 bits per heavy atom. The van der Waals surface area contributed by atoms with Crippen molar-refractivity contribution in [1.82, 2.24) is 9.55 Å². The van der Waals surface area contributed by atoms with E-state index in [1.807, 2.05) is 0 Å². The molecule has 0 aromatic carbocycles. The van der Waals surface area contributed by atoms with Crippen LogP contribution >= 0.6 is 0 Å². The van der Waals surface area contributed by atoms with Crippen LogP contribution in [0.2, 0.25) is 0 Å². The topological polar surface area (TPSA) is 17.8 Å². The average Bonchev–Trinajstić information content (AvgIpc) is 2.65. The lowest BCUT2D eigenvalue weighted by Gasteiger charge is -2.21. The lowest BCUT2D eigenvalue weighted by atomic mass is 10.0. The Hall–Kier alpha value is -0.790. The summed E-state index contributed by atoms with van der Waals surface area (Å²) < 4.78 is 2.50. The molecule has 1 aliphatic carbocycles. The van der Waals surface area contributed by atoms with Gasteiger partial charge in [-0.25, -0.2) is 4.98 Å². The summed E-state index contributed by atoms with van der Waals surface area (Å²) in [5.41, 5.74) is 2.96. The highest BCUT2D eigenvalue weighted by atomic mass is 15.1. The highest BCUT2D eigenvalue weighted by molar-refractivity contribution is 5.24. The van der Waals surface area contributed by atoms with Gasteiger partial charge in [-0.1, -0.05) is 6.92 Å². The molecule has 0 spiro atoms. The van der Waals surface area contributed by atoms with Crippen LogP contribution < -0.4 is 0 Å². The molecule has 3 rings (SSSR count). The summed E-state index contributed by atoms with van der Waals surface area (Å²) >= 11 is 0. The zero-order valence-corrected chi connectivity index (χ0v) is 8.21. The van der Waals surface area contributed by atoms with Gasteiger partial charge in [0.05, 0.1) is 5.69 Å². The summed E-state index contributed by atoms with van der Waals surface area (Å²) in [4.78, 5) is 4.78. The van der Waals surface area contributed by atoms with Crippen LogP contribution in [-0.4, -0.2) is 9.55 Å². The van der Waals surface area contributed by atoms with Crippen molar-refractivity contribution >= 4 is 0 Å². The van der Waals surface area contributed by atoms with Crippen molar-refractivity contribution in [3.8, 4) is 0 Å². The van der Waals surface area contributed by atoms with E-state index in [4.69, 9.17) is 4.98 Å². The standard InChI is InChI=1S/C11H16N2/c1-8-4-3-7-13-10-6-2-5-9(10)12-11(8)13/h8H,2-7H2,1H3. The third kappa shape index (κ3) is 0.976. The van der Waals surface area contributed by atoms with Crippen LogP contribution in [0.1, 0.15) is 49.3 Å². The third-order valence-corrected chi connectivity index (χ3v) is 3.47. The van der Waals surface area contributed by atoms with Gasteiger partial charge in [0.25, 0.3) is 0 Å². The minimum atomic E-state index is 0.694. The lowest BCUT2D eigenvalue weighted by molar-refractivity contribution is 0.453. The second-order valence-corrected chi connectivity index (χ2v) is 4.41. The fraction of sp³-hybridized carbons (Fsp3) is 0.727. The van der Waals surface area contributed by atoms with Gasteiger partial charge in [0.15, 0.2) is 0 Å². The van der Waals surface area contributed by atoms with Crippen molar-refractivity contribution in [2.24, 2.45) is 0 Å². The molecule has 1 aromatic rings. The number of imidazole rings is 1. The Bertz CT molecular complexity index is 338. The number of hydrogen-bond acceptors (Lipinski definition) is 1. The molecule has 0 saturated heterocycles. The maximum absolute atomic E-state index is 4.78. The molecule has 0 fully saturated rings. The second kappa shape index (κ2) is 2.60. The Labute approximate surface area is 79.0 Å². The van der Waals surface area contributed by atoms with Crippen LogP contribution in [0.15, 0.2) is 0 Å². The van der Waals surface area contributed by atoms with Gasteiger partial charge in [-0.3, -0.25) is 0 Å². The summed E-state index contributed by atoms with van der Waals surface area (Å²) in [6.45, 7) is 3.54. The fourth-order valence-electron chi connectivity index (χ4n) is 2.77. The molecule has 0 saturated carbocycles. The highest BCUT2D eigenvalue weighted by Crippen LogP contribution is 2.32. The zero-order valence-electron chi connectivity index (χ0n) is 8.21. The molecule has 1 aliphatic heterocycles. The maximum Gasteiger partial charge on any atom is 0.112 e. The molecular weight excluding hydrogens is 160 g/mol. The van der Waals surface area contributed by atoms with Gasteiger partial charge in [0.2, 0.25) is 0 Å². The van der Waals surface area contributed by atoms with Crippen LogP contribution in [0.4, 0.5) is 0 Å². The van der Waals surface area contributed by atoms with Gasteiger partial charge in [0, 0.05) is 18.2 Å². The first kappa shape index (κ1) is 7.60. The molecule has 2 heterocycles. The van der Waals surface area contributed by atoms with Crippen molar-refractivity contribution in [2.45, 2.75) is 51.5 Å². The molecule has 0 bridgehead atoms. The van der Waals surface area contributed by atoms with Gasteiger partial charge in [0.1, 0.15) is 5.82 Å². The fourth-order valence-corrected chi connectivity index (χ4v) is 2.77. The monoisotopic (exact) mass is 176 g/mol. The smallest absolute Gasteiger partial charge is 0.112 e. The number of fused-ring (bicyclic) bond motifs is 3. The van der Waals surface area contributed by atoms with E-state index < -0.39 is 0 Å². The molecule has 0 radical (unpaired) electrons. The summed E-state index contributed by atoms with van der Waals surface area (Å²) in [6.07, 6.45) is 6.50. The minimum Gasteiger partial charge on any atom is -0.332 e. The Kier molecular flexibility index (Phi) is 1.52. The van der Waals surface area contributed by atoms with E-state index in [2.05, 4.69) is 11.5 Å². The van der Waals surface area contributed by atoms with Gasteiger partial charge >= 0.3 is 0 Å². The second-order valence-electron chi connectivity index (χ2n) is 4.41. The van der Waals surface area contributed by atoms with E-state index in [0.717, 1.165) is 0 Å². The Morgan fingerprint density at radius 1 is 1.31 bits per heavy atom. The van der Waals surface area contributed by atoms with Crippen LogP contribution in [0.5, 0.6) is 0 Å². The number of hydrogen-bond donors (Lipinski definition) is 0. The molecule has 0 amide bonds. The van der Waals surface area contributed by atoms with Crippen molar-refractivity contribution in [1.29, 1.82) is 0 Å². The van der Waals surface area contributed by atoms with Crippen molar-refractivity contribution in [3.63, 3.8) is 0 Å². The molecular formula is C11H16N2. The zero-order chi connectivity index (χ0) is 8.84. The first-order valence-corrected chi connectivity index (χ1v) is 5.44. The molecule has 2 nitrogen and oxygen atoms in total. The van der Waals surface area contributed by atoms with Crippen LogP contribution in [0.3, 0.4) is 0 Å².